The van der Waals surface area contributed by atoms with Crippen LogP contribution in [0.2, 0.25) is 0 Å². The summed E-state index contributed by atoms with van der Waals surface area (Å²) in [7, 11) is -3.83. The molecule has 1 rings (SSSR count). The lowest BCUT2D eigenvalue weighted by atomic mass is 10.2. The summed E-state index contributed by atoms with van der Waals surface area (Å²) in [6.07, 6.45) is 0. The van der Waals surface area contributed by atoms with Crippen LogP contribution in [-0.4, -0.2) is 37.5 Å². The minimum atomic E-state index is -3.83. The van der Waals surface area contributed by atoms with Gasteiger partial charge in [0.15, 0.2) is 0 Å². The van der Waals surface area contributed by atoms with E-state index in [4.69, 9.17) is 18.4 Å². The van der Waals surface area contributed by atoms with Crippen LogP contribution in [-0.2, 0) is 20.2 Å². The third-order valence-electron chi connectivity index (χ3n) is 1.43. The highest BCUT2D eigenvalue weighted by Gasteiger charge is 2.01. The minimum Gasteiger partial charge on any atom is -0.395 e. The van der Waals surface area contributed by atoms with E-state index in [0.29, 0.717) is 12.1 Å². The number of hydrogen-bond donors (Lipinski definition) is 4. The summed E-state index contributed by atoms with van der Waals surface area (Å²) in [6.45, 7) is 0.270. The molecule has 0 aromatic heterocycles. The van der Waals surface area contributed by atoms with Crippen molar-refractivity contribution < 1.29 is 23.2 Å². The zero-order valence-corrected chi connectivity index (χ0v) is 10.4. The summed E-state index contributed by atoms with van der Waals surface area (Å²) in [5.41, 5.74) is 0.617. The van der Waals surface area contributed by atoms with Crippen molar-refractivity contribution in [3.63, 3.8) is 0 Å². The third-order valence-corrected chi connectivity index (χ3v) is 1.43. The maximum Gasteiger partial charge on any atom is 0.263 e. The molecular weight excluding hydrogens is 266 g/mol. The fraction of sp³-hybridized carbons (Fsp3) is 0.222. The molecule has 4 N–H and O–H groups in total. The fourth-order valence-electron chi connectivity index (χ4n) is 0.861. The highest BCUT2D eigenvalue weighted by Crippen LogP contribution is 1.96. The Labute approximate surface area is 104 Å². The van der Waals surface area contributed by atoms with E-state index in [-0.39, 0.29) is 12.5 Å². The molecule has 0 unspecified atom stereocenters. The number of amides is 1. The standard InChI is InChI=1S/C9H11NO2.H2O3S2/c11-7-6-10-9(12)8-4-2-1-3-5-8;1-5(2,3)4/h1-5,11H,6-7H2,(H,10,12);(H2,1,2,3,4). The third kappa shape index (κ3) is 11.2. The molecule has 1 aromatic rings. The number of nitrogens with one attached hydrogen (secondary N) is 1. The predicted octanol–water partition coefficient (Wildman–Crippen LogP) is 0.0874. The van der Waals surface area contributed by atoms with Gasteiger partial charge in [-0.2, -0.15) is 4.21 Å². The maximum atomic E-state index is 11.2. The van der Waals surface area contributed by atoms with Gasteiger partial charge in [-0.3, -0.25) is 13.9 Å². The molecule has 6 nitrogen and oxygen atoms in total. The number of hydrogen-bond acceptors (Lipinski definition) is 4. The van der Waals surface area contributed by atoms with Crippen LogP contribution in [0.25, 0.3) is 0 Å². The van der Waals surface area contributed by atoms with Gasteiger partial charge in [-0.05, 0) is 12.1 Å². The molecule has 0 aliphatic carbocycles. The molecule has 0 fully saturated rings. The summed E-state index contributed by atoms with van der Waals surface area (Å²) in [4.78, 5) is 11.2. The molecule has 0 bridgehead atoms. The minimum absolute atomic E-state index is 0.0292. The number of rotatable bonds is 3. The molecule has 96 valence electrons. The zero-order chi connectivity index (χ0) is 13.3. The SMILES string of the molecule is O=C(NCCO)c1ccccc1.O=S(O)(O)=S. The van der Waals surface area contributed by atoms with Gasteiger partial charge in [-0.15, -0.1) is 0 Å². The van der Waals surface area contributed by atoms with Crippen molar-refractivity contribution in [3.05, 3.63) is 35.9 Å². The highest BCUT2D eigenvalue weighted by molar-refractivity contribution is 8.26. The zero-order valence-electron chi connectivity index (χ0n) is 8.78. The second-order valence-electron chi connectivity index (χ2n) is 2.79. The molecule has 0 spiro atoms. The Kier molecular flexibility index (Phi) is 7.59. The average Bonchev–Trinajstić information content (AvgIpc) is 2.25. The Morgan fingerprint density at radius 2 is 1.76 bits per heavy atom. The van der Waals surface area contributed by atoms with Crippen LogP contribution < -0.4 is 5.32 Å². The van der Waals surface area contributed by atoms with Crippen LogP contribution in [0.15, 0.2) is 30.3 Å². The van der Waals surface area contributed by atoms with Crippen molar-refractivity contribution in [2.24, 2.45) is 0 Å². The van der Waals surface area contributed by atoms with Crippen LogP contribution in [0.5, 0.6) is 0 Å². The van der Waals surface area contributed by atoms with E-state index >= 15 is 0 Å². The molecule has 1 amide bonds. The molecule has 0 radical (unpaired) electrons. The highest BCUT2D eigenvalue weighted by atomic mass is 32.9. The molecule has 17 heavy (non-hydrogen) atoms. The topological polar surface area (TPSA) is 107 Å². The van der Waals surface area contributed by atoms with Crippen molar-refractivity contribution in [1.29, 1.82) is 0 Å². The lowest BCUT2D eigenvalue weighted by Crippen LogP contribution is -2.26. The van der Waals surface area contributed by atoms with Gasteiger partial charge in [0.05, 0.1) is 6.61 Å². The van der Waals surface area contributed by atoms with Gasteiger partial charge in [0.2, 0.25) is 0 Å². The van der Waals surface area contributed by atoms with Crippen LogP contribution in [0.3, 0.4) is 0 Å². The lowest BCUT2D eigenvalue weighted by Gasteiger charge is -2.01. The molecule has 0 aliphatic rings. The lowest BCUT2D eigenvalue weighted by molar-refractivity contribution is 0.0944. The quantitative estimate of drug-likeness (QED) is 0.624. The molecule has 8 heteroatoms. The number of carbonyl (C=O) groups is 1. The van der Waals surface area contributed by atoms with Gasteiger partial charge in [-0.1, -0.05) is 18.2 Å². The Morgan fingerprint density at radius 1 is 1.29 bits per heavy atom. The summed E-state index contributed by atoms with van der Waals surface area (Å²) in [5, 5.41) is 11.0. The van der Waals surface area contributed by atoms with Gasteiger partial charge < -0.3 is 10.4 Å². The second-order valence-corrected chi connectivity index (χ2v) is 4.99. The monoisotopic (exact) mass is 279 g/mol. The summed E-state index contributed by atoms with van der Waals surface area (Å²) < 4.78 is 24.0. The van der Waals surface area contributed by atoms with Crippen molar-refractivity contribution in [2.45, 2.75) is 0 Å². The number of benzene rings is 1. The van der Waals surface area contributed by atoms with Gasteiger partial charge in [0.1, 0.15) is 0 Å². The molecule has 0 heterocycles. The summed E-state index contributed by atoms with van der Waals surface area (Å²) >= 11 is 3.47. The number of aliphatic hydroxyl groups excluding tert-OH is 1. The smallest absolute Gasteiger partial charge is 0.263 e. The van der Waals surface area contributed by atoms with E-state index in [1.54, 1.807) is 24.3 Å². The summed E-state index contributed by atoms with van der Waals surface area (Å²) in [5.74, 6) is -0.148. The first-order valence-corrected chi connectivity index (χ1v) is 6.88. The fourth-order valence-corrected chi connectivity index (χ4v) is 0.861. The van der Waals surface area contributed by atoms with Crippen molar-refractivity contribution >= 4 is 26.1 Å². The van der Waals surface area contributed by atoms with E-state index in [2.05, 4.69) is 16.5 Å². The van der Waals surface area contributed by atoms with Crippen LogP contribution in [0.1, 0.15) is 10.4 Å². The van der Waals surface area contributed by atoms with Crippen molar-refractivity contribution in [3.8, 4) is 0 Å². The van der Waals surface area contributed by atoms with Crippen LogP contribution in [0.4, 0.5) is 0 Å². The Morgan fingerprint density at radius 3 is 2.18 bits per heavy atom. The predicted molar refractivity (Wildman–Crippen MR) is 66.6 cm³/mol. The summed E-state index contributed by atoms with van der Waals surface area (Å²) in [6, 6.07) is 8.91. The van der Waals surface area contributed by atoms with E-state index in [0.717, 1.165) is 0 Å². The Balaban J connectivity index is 0.000000437. The van der Waals surface area contributed by atoms with E-state index in [1.807, 2.05) is 6.07 Å². The number of carbonyl (C=O) groups excluding carboxylic acids is 1. The first-order chi connectivity index (χ1) is 7.84. The van der Waals surface area contributed by atoms with E-state index < -0.39 is 9.05 Å². The van der Waals surface area contributed by atoms with Crippen LogP contribution in [0, 0.1) is 0 Å². The Hall–Kier alpha value is -1.06. The van der Waals surface area contributed by atoms with E-state index in [9.17, 15) is 4.79 Å². The Bertz CT molecular complexity index is 424. The first-order valence-electron chi connectivity index (χ1n) is 4.48. The van der Waals surface area contributed by atoms with Gasteiger partial charge >= 0.3 is 0 Å². The van der Waals surface area contributed by atoms with Gasteiger partial charge in [0, 0.05) is 23.3 Å². The molecule has 1 aromatic carbocycles. The van der Waals surface area contributed by atoms with Gasteiger partial charge in [-0.25, -0.2) is 0 Å². The maximum absolute atomic E-state index is 11.2. The molecule has 0 aliphatic heterocycles. The molecular formula is C9H13NO5S2. The molecule has 0 atom stereocenters. The van der Waals surface area contributed by atoms with Crippen molar-refractivity contribution in [1.82, 2.24) is 5.32 Å². The second kappa shape index (κ2) is 8.09. The molecule has 0 saturated heterocycles. The normalized spacial score (nSPS) is 10.1. The average molecular weight is 279 g/mol. The van der Waals surface area contributed by atoms with Gasteiger partial charge in [0.25, 0.3) is 15.0 Å². The van der Waals surface area contributed by atoms with Crippen molar-refractivity contribution in [2.75, 3.05) is 13.2 Å². The number of aliphatic hydroxyl groups is 1. The largest absolute Gasteiger partial charge is 0.395 e. The first kappa shape index (κ1) is 15.9. The van der Waals surface area contributed by atoms with E-state index in [1.165, 1.54) is 0 Å². The molecule has 0 saturated carbocycles. The van der Waals surface area contributed by atoms with Crippen LogP contribution >= 0.6 is 0 Å².